The molecule has 2 aromatic rings. The first-order valence-electron chi connectivity index (χ1n) is 6.08. The smallest absolute Gasteiger partial charge is 0.145 e. The van der Waals surface area contributed by atoms with Gasteiger partial charge in [0, 0.05) is 5.56 Å². The molecule has 0 unspecified atom stereocenters. The molecular weight excluding hydrogens is 222 g/mol. The van der Waals surface area contributed by atoms with Gasteiger partial charge >= 0.3 is 0 Å². The van der Waals surface area contributed by atoms with Crippen molar-refractivity contribution in [3.63, 3.8) is 0 Å². The number of hydrazine groups is 1. The van der Waals surface area contributed by atoms with Crippen molar-refractivity contribution in [2.24, 2.45) is 10.8 Å². The summed E-state index contributed by atoms with van der Waals surface area (Å²) in [6, 6.07) is 18.6. The van der Waals surface area contributed by atoms with E-state index >= 15 is 0 Å². The molecule has 0 spiro atoms. The maximum atomic E-state index is 5.96. The lowest BCUT2D eigenvalue weighted by Crippen LogP contribution is -2.35. The Morgan fingerprint density at radius 1 is 0.889 bits per heavy atom. The van der Waals surface area contributed by atoms with Crippen molar-refractivity contribution in [1.29, 1.82) is 0 Å². The minimum absolute atomic E-state index is 0.773. The molecule has 1 aliphatic rings. The van der Waals surface area contributed by atoms with Gasteiger partial charge in [0.05, 0.1) is 13.1 Å². The average molecular weight is 237 g/mol. The maximum Gasteiger partial charge on any atom is 0.145 e. The van der Waals surface area contributed by atoms with Gasteiger partial charge in [0.15, 0.2) is 0 Å². The van der Waals surface area contributed by atoms with Crippen LogP contribution >= 0.6 is 0 Å². The Labute approximate surface area is 107 Å². The van der Waals surface area contributed by atoms with E-state index < -0.39 is 0 Å². The first-order chi connectivity index (χ1) is 8.86. The minimum Gasteiger partial charge on any atom is -0.293 e. The van der Waals surface area contributed by atoms with Crippen LogP contribution in [0.3, 0.4) is 0 Å². The normalized spacial score (nSPS) is 14.7. The maximum absolute atomic E-state index is 5.96. The van der Waals surface area contributed by atoms with Gasteiger partial charge in [0.25, 0.3) is 0 Å². The summed E-state index contributed by atoms with van der Waals surface area (Å²) < 4.78 is 0. The highest BCUT2D eigenvalue weighted by molar-refractivity contribution is 6.04. The van der Waals surface area contributed by atoms with Crippen LogP contribution in [0.4, 0.5) is 0 Å². The van der Waals surface area contributed by atoms with Crippen LogP contribution in [0.1, 0.15) is 5.56 Å². The molecular formula is C15H15N3. The molecule has 0 aliphatic carbocycles. The molecule has 0 fully saturated rings. The molecule has 3 rings (SSSR count). The Hall–Kier alpha value is -2.13. The molecule has 0 bridgehead atoms. The van der Waals surface area contributed by atoms with Gasteiger partial charge in [-0.05, 0) is 11.1 Å². The van der Waals surface area contributed by atoms with E-state index in [0.29, 0.717) is 0 Å². The second kappa shape index (κ2) is 4.63. The van der Waals surface area contributed by atoms with E-state index in [1.165, 1.54) is 11.1 Å². The van der Waals surface area contributed by atoms with Gasteiger partial charge in [-0.25, -0.2) is 5.84 Å². The Morgan fingerprint density at radius 3 is 2.22 bits per heavy atom. The van der Waals surface area contributed by atoms with E-state index in [4.69, 9.17) is 5.84 Å². The zero-order valence-electron chi connectivity index (χ0n) is 10.1. The van der Waals surface area contributed by atoms with E-state index in [1.807, 2.05) is 30.3 Å². The number of benzene rings is 2. The summed E-state index contributed by atoms with van der Waals surface area (Å²) in [5, 5.41) is 1.72. The summed E-state index contributed by atoms with van der Waals surface area (Å²) in [5.41, 5.74) is 3.47. The Bertz CT molecular complexity index is 575. The molecule has 0 saturated carbocycles. The van der Waals surface area contributed by atoms with Crippen molar-refractivity contribution in [1.82, 2.24) is 5.01 Å². The van der Waals surface area contributed by atoms with Crippen LogP contribution in [0.5, 0.6) is 0 Å². The van der Waals surface area contributed by atoms with Crippen molar-refractivity contribution >= 4 is 5.84 Å². The fraction of sp³-hybridized carbons (Fsp3) is 0.133. The number of nitrogens with two attached hydrogens (primary N) is 1. The van der Waals surface area contributed by atoms with E-state index in [2.05, 4.69) is 29.3 Å². The summed E-state index contributed by atoms with van der Waals surface area (Å²) >= 11 is 0. The Morgan fingerprint density at radius 2 is 1.56 bits per heavy atom. The molecule has 1 aliphatic heterocycles. The predicted octanol–water partition coefficient (Wildman–Crippen LogP) is 2.29. The number of amidine groups is 1. The van der Waals surface area contributed by atoms with Crippen LogP contribution in [0, 0.1) is 0 Å². The van der Waals surface area contributed by atoms with Gasteiger partial charge in [-0.3, -0.25) is 10.0 Å². The number of rotatable bonds is 2. The third-order valence-electron chi connectivity index (χ3n) is 3.13. The highest BCUT2D eigenvalue weighted by Gasteiger charge is 2.18. The molecule has 3 nitrogen and oxygen atoms in total. The molecule has 18 heavy (non-hydrogen) atoms. The molecule has 2 aromatic carbocycles. The zero-order valence-corrected chi connectivity index (χ0v) is 10.1. The van der Waals surface area contributed by atoms with Crippen molar-refractivity contribution in [2.75, 3.05) is 13.1 Å². The molecule has 90 valence electrons. The number of nitrogens with zero attached hydrogens (tertiary/aromatic N) is 2. The lowest BCUT2D eigenvalue weighted by molar-refractivity contribution is 0.484. The van der Waals surface area contributed by atoms with Crippen LogP contribution in [0.25, 0.3) is 11.1 Å². The van der Waals surface area contributed by atoms with Gasteiger partial charge in [-0.1, -0.05) is 54.6 Å². The second-order valence-electron chi connectivity index (χ2n) is 4.31. The Kier molecular flexibility index (Phi) is 2.82. The Balaban J connectivity index is 2.11. The van der Waals surface area contributed by atoms with Crippen LogP contribution in [0.15, 0.2) is 59.6 Å². The standard InChI is InChI=1S/C15H15N3/c16-18-11-10-17-15(18)14-9-5-4-8-13(14)12-6-2-1-3-7-12/h1-9H,10-11,16H2. The third kappa shape index (κ3) is 1.89. The summed E-state index contributed by atoms with van der Waals surface area (Å²) in [4.78, 5) is 4.49. The van der Waals surface area contributed by atoms with Gasteiger partial charge in [0.1, 0.15) is 5.84 Å². The lowest BCUT2D eigenvalue weighted by Gasteiger charge is -2.16. The van der Waals surface area contributed by atoms with Crippen molar-refractivity contribution in [3.8, 4) is 11.1 Å². The van der Waals surface area contributed by atoms with E-state index in [0.717, 1.165) is 24.5 Å². The monoisotopic (exact) mass is 237 g/mol. The molecule has 2 N–H and O–H groups in total. The third-order valence-corrected chi connectivity index (χ3v) is 3.13. The summed E-state index contributed by atoms with van der Waals surface area (Å²) in [6.07, 6.45) is 0. The largest absolute Gasteiger partial charge is 0.293 e. The fourth-order valence-corrected chi connectivity index (χ4v) is 2.25. The van der Waals surface area contributed by atoms with E-state index in [1.54, 1.807) is 5.01 Å². The minimum atomic E-state index is 0.773. The van der Waals surface area contributed by atoms with Crippen LogP contribution in [-0.4, -0.2) is 23.9 Å². The van der Waals surface area contributed by atoms with Gasteiger partial charge in [0.2, 0.25) is 0 Å². The highest BCUT2D eigenvalue weighted by atomic mass is 15.5. The molecule has 3 heteroatoms. The summed E-state index contributed by atoms with van der Waals surface area (Å²) in [6.45, 7) is 1.56. The SMILES string of the molecule is NN1CCN=C1c1ccccc1-c1ccccc1. The fourth-order valence-electron chi connectivity index (χ4n) is 2.25. The predicted molar refractivity (Wildman–Crippen MR) is 74.2 cm³/mol. The average Bonchev–Trinajstić information content (AvgIpc) is 2.86. The second-order valence-corrected chi connectivity index (χ2v) is 4.31. The highest BCUT2D eigenvalue weighted by Crippen LogP contribution is 2.25. The van der Waals surface area contributed by atoms with Crippen LogP contribution < -0.4 is 5.84 Å². The first kappa shape index (κ1) is 11.0. The number of hydrogen-bond donors (Lipinski definition) is 1. The molecule has 0 atom stereocenters. The summed E-state index contributed by atoms with van der Waals surface area (Å²) in [5.74, 6) is 6.84. The molecule has 0 aromatic heterocycles. The first-order valence-corrected chi connectivity index (χ1v) is 6.08. The van der Waals surface area contributed by atoms with Crippen LogP contribution in [0.2, 0.25) is 0 Å². The van der Waals surface area contributed by atoms with Crippen molar-refractivity contribution in [2.45, 2.75) is 0 Å². The van der Waals surface area contributed by atoms with E-state index in [-0.39, 0.29) is 0 Å². The van der Waals surface area contributed by atoms with Gasteiger partial charge < -0.3 is 0 Å². The molecule has 0 radical (unpaired) electrons. The molecule has 1 heterocycles. The summed E-state index contributed by atoms with van der Waals surface area (Å²) in [7, 11) is 0. The number of aliphatic imine (C=N–C) groups is 1. The quantitative estimate of drug-likeness (QED) is 0.814. The van der Waals surface area contributed by atoms with Gasteiger partial charge in [-0.15, -0.1) is 0 Å². The zero-order chi connectivity index (χ0) is 12.4. The van der Waals surface area contributed by atoms with Crippen molar-refractivity contribution in [3.05, 3.63) is 60.2 Å². The van der Waals surface area contributed by atoms with E-state index in [9.17, 15) is 0 Å². The molecule has 0 amide bonds. The number of hydrogen-bond acceptors (Lipinski definition) is 3. The topological polar surface area (TPSA) is 41.6 Å². The lowest BCUT2D eigenvalue weighted by atomic mass is 9.99. The van der Waals surface area contributed by atoms with Crippen LogP contribution in [-0.2, 0) is 0 Å². The van der Waals surface area contributed by atoms with Crippen molar-refractivity contribution < 1.29 is 0 Å². The molecule has 0 saturated heterocycles. The van der Waals surface area contributed by atoms with Gasteiger partial charge in [-0.2, -0.15) is 0 Å².